The molecule has 1 amide bonds. The zero-order valence-corrected chi connectivity index (χ0v) is 15.6. The molecule has 0 fully saturated rings. The molecule has 6 heteroatoms. The number of hydrogen-bond donors (Lipinski definition) is 2. The number of ether oxygens (including phenoxy) is 2. The lowest BCUT2D eigenvalue weighted by Gasteiger charge is -2.23. The van der Waals surface area contributed by atoms with E-state index in [1.54, 1.807) is 0 Å². The molecular weight excluding hydrogens is 356 g/mol. The maximum atomic E-state index is 12.6. The van der Waals surface area contributed by atoms with Crippen molar-refractivity contribution in [1.82, 2.24) is 10.3 Å². The number of carbonyl (C=O) groups excluding carboxylic acids is 2. The Morgan fingerprint density at radius 2 is 1.79 bits per heavy atom. The van der Waals surface area contributed by atoms with Crippen LogP contribution in [0.2, 0.25) is 0 Å². The maximum Gasteiger partial charge on any atom is 0.328 e. The Morgan fingerprint density at radius 1 is 1.07 bits per heavy atom. The van der Waals surface area contributed by atoms with Crippen molar-refractivity contribution in [2.24, 2.45) is 0 Å². The van der Waals surface area contributed by atoms with Gasteiger partial charge in [0.05, 0.1) is 18.4 Å². The number of fused-ring (bicyclic) bond motifs is 1. The Morgan fingerprint density at radius 3 is 2.54 bits per heavy atom. The van der Waals surface area contributed by atoms with Gasteiger partial charge >= 0.3 is 5.97 Å². The molecule has 2 N–H and O–H groups in total. The number of aromatic nitrogens is 1. The normalized spacial score (nSPS) is 15.5. The highest BCUT2D eigenvalue weighted by molar-refractivity contribution is 6.03. The summed E-state index contributed by atoms with van der Waals surface area (Å²) in [6.45, 7) is 1.85. The fourth-order valence-electron chi connectivity index (χ4n) is 3.57. The SMILES string of the molecule is COC(=O)C1Cc2c(-c3ccccc3Oc3ccccc3)[nH]c(C)c2C(=O)N1. The number of rotatable bonds is 4. The molecule has 6 nitrogen and oxygen atoms in total. The largest absolute Gasteiger partial charge is 0.467 e. The van der Waals surface area contributed by atoms with Crippen molar-refractivity contribution in [1.29, 1.82) is 0 Å². The van der Waals surface area contributed by atoms with Gasteiger partial charge in [-0.3, -0.25) is 4.79 Å². The average Bonchev–Trinajstić information content (AvgIpc) is 3.05. The number of hydrogen-bond acceptors (Lipinski definition) is 4. The lowest BCUT2D eigenvalue weighted by atomic mass is 9.93. The van der Waals surface area contributed by atoms with Crippen molar-refractivity contribution in [3.8, 4) is 22.8 Å². The standard InChI is InChI=1S/C22H20N2O4/c1-13-19-16(12-17(22(26)27-2)24-21(19)25)20(23-13)15-10-6-7-11-18(15)28-14-8-4-3-5-9-14/h3-11,17,23H,12H2,1-2H3,(H,24,25). The third-order valence-electron chi connectivity index (χ3n) is 4.84. The van der Waals surface area contributed by atoms with Crippen LogP contribution in [0.5, 0.6) is 11.5 Å². The summed E-state index contributed by atoms with van der Waals surface area (Å²) in [5, 5.41) is 2.72. The van der Waals surface area contributed by atoms with Crippen molar-refractivity contribution in [2.45, 2.75) is 19.4 Å². The van der Waals surface area contributed by atoms with E-state index < -0.39 is 12.0 Å². The molecule has 0 aliphatic carbocycles. The van der Waals surface area contributed by atoms with Crippen molar-refractivity contribution >= 4 is 11.9 Å². The second-order valence-electron chi connectivity index (χ2n) is 6.64. The molecule has 28 heavy (non-hydrogen) atoms. The van der Waals surface area contributed by atoms with E-state index in [2.05, 4.69) is 10.3 Å². The van der Waals surface area contributed by atoms with E-state index >= 15 is 0 Å². The quantitative estimate of drug-likeness (QED) is 0.682. The lowest BCUT2D eigenvalue weighted by Crippen LogP contribution is -2.46. The van der Waals surface area contributed by atoms with Gasteiger partial charge in [0.25, 0.3) is 5.91 Å². The molecule has 0 saturated heterocycles. The summed E-state index contributed by atoms with van der Waals surface area (Å²) >= 11 is 0. The van der Waals surface area contributed by atoms with Crippen LogP contribution in [-0.4, -0.2) is 30.0 Å². The van der Waals surface area contributed by atoms with Crippen LogP contribution in [0.15, 0.2) is 54.6 Å². The maximum absolute atomic E-state index is 12.6. The Hall–Kier alpha value is -3.54. The number of aromatic amines is 1. The molecule has 1 aromatic heterocycles. The van der Waals surface area contributed by atoms with Crippen molar-refractivity contribution in [3.05, 3.63) is 71.4 Å². The first-order valence-electron chi connectivity index (χ1n) is 9.01. The summed E-state index contributed by atoms with van der Waals surface area (Å²) in [4.78, 5) is 27.9. The Kier molecular flexibility index (Phi) is 4.61. The van der Waals surface area contributed by atoms with Crippen LogP contribution in [0.3, 0.4) is 0 Å². The second kappa shape index (κ2) is 7.23. The first-order chi connectivity index (χ1) is 13.6. The summed E-state index contributed by atoms with van der Waals surface area (Å²) < 4.78 is 10.9. The van der Waals surface area contributed by atoms with Crippen LogP contribution >= 0.6 is 0 Å². The van der Waals surface area contributed by atoms with E-state index in [9.17, 15) is 9.59 Å². The van der Waals surface area contributed by atoms with Crippen LogP contribution in [0.1, 0.15) is 21.6 Å². The van der Waals surface area contributed by atoms with Gasteiger partial charge in [-0.15, -0.1) is 0 Å². The minimum absolute atomic E-state index is 0.280. The van der Waals surface area contributed by atoms with Crippen LogP contribution in [-0.2, 0) is 16.0 Å². The van der Waals surface area contributed by atoms with Crippen LogP contribution in [0, 0.1) is 6.92 Å². The molecular formula is C22H20N2O4. The molecule has 4 rings (SSSR count). The van der Waals surface area contributed by atoms with Crippen molar-refractivity contribution in [3.63, 3.8) is 0 Å². The zero-order chi connectivity index (χ0) is 19.7. The van der Waals surface area contributed by atoms with E-state index in [4.69, 9.17) is 9.47 Å². The fraction of sp³-hybridized carbons (Fsp3) is 0.182. The Labute approximate surface area is 162 Å². The van der Waals surface area contributed by atoms with E-state index in [1.165, 1.54) is 7.11 Å². The number of methoxy groups -OCH3 is 1. The van der Waals surface area contributed by atoms with E-state index in [-0.39, 0.29) is 5.91 Å². The summed E-state index contributed by atoms with van der Waals surface area (Å²) in [6.07, 6.45) is 0.354. The summed E-state index contributed by atoms with van der Waals surface area (Å²) in [5.41, 5.74) is 3.72. The minimum Gasteiger partial charge on any atom is -0.467 e. The predicted molar refractivity (Wildman–Crippen MR) is 104 cm³/mol. The van der Waals surface area contributed by atoms with Gasteiger partial charge in [0.2, 0.25) is 0 Å². The lowest BCUT2D eigenvalue weighted by molar-refractivity contribution is -0.142. The molecule has 1 aliphatic heterocycles. The molecule has 0 bridgehead atoms. The summed E-state index contributed by atoms with van der Waals surface area (Å²) in [5.74, 6) is 0.645. The van der Waals surface area contributed by atoms with E-state index in [0.717, 1.165) is 28.3 Å². The topological polar surface area (TPSA) is 80.4 Å². The van der Waals surface area contributed by atoms with Gasteiger partial charge in [0.15, 0.2) is 0 Å². The molecule has 3 aromatic rings. The Bertz CT molecular complexity index is 1040. The smallest absolute Gasteiger partial charge is 0.328 e. The fourth-order valence-corrected chi connectivity index (χ4v) is 3.57. The van der Waals surface area contributed by atoms with Gasteiger partial charge in [-0.1, -0.05) is 30.3 Å². The number of carbonyl (C=O) groups is 2. The first-order valence-corrected chi connectivity index (χ1v) is 9.01. The van der Waals surface area contributed by atoms with Crippen molar-refractivity contribution < 1.29 is 19.1 Å². The van der Waals surface area contributed by atoms with E-state index in [0.29, 0.717) is 17.7 Å². The number of amides is 1. The monoisotopic (exact) mass is 376 g/mol. The van der Waals surface area contributed by atoms with Crippen molar-refractivity contribution in [2.75, 3.05) is 7.11 Å². The van der Waals surface area contributed by atoms with Crippen LogP contribution in [0.25, 0.3) is 11.3 Å². The number of aryl methyl sites for hydroxylation is 1. The molecule has 2 heterocycles. The third kappa shape index (κ3) is 3.13. The van der Waals surface area contributed by atoms with Crippen LogP contribution < -0.4 is 10.1 Å². The number of benzene rings is 2. The van der Waals surface area contributed by atoms with Gasteiger partial charge in [-0.05, 0) is 36.8 Å². The number of H-pyrrole nitrogens is 1. The highest BCUT2D eigenvalue weighted by atomic mass is 16.5. The second-order valence-corrected chi connectivity index (χ2v) is 6.64. The zero-order valence-electron chi connectivity index (χ0n) is 15.6. The minimum atomic E-state index is -0.707. The molecule has 2 aromatic carbocycles. The molecule has 0 spiro atoms. The molecule has 0 radical (unpaired) electrons. The van der Waals surface area contributed by atoms with Gasteiger partial charge in [-0.2, -0.15) is 0 Å². The number of nitrogens with one attached hydrogen (secondary N) is 2. The van der Waals surface area contributed by atoms with Gasteiger partial charge in [-0.25, -0.2) is 4.79 Å². The van der Waals surface area contributed by atoms with Gasteiger partial charge in [0.1, 0.15) is 17.5 Å². The number of para-hydroxylation sites is 2. The average molecular weight is 376 g/mol. The van der Waals surface area contributed by atoms with Gasteiger partial charge in [0, 0.05) is 17.7 Å². The first kappa shape index (κ1) is 17.9. The Balaban J connectivity index is 1.79. The van der Waals surface area contributed by atoms with Crippen LogP contribution in [0.4, 0.5) is 0 Å². The summed E-state index contributed by atoms with van der Waals surface area (Å²) in [6, 6.07) is 16.4. The highest BCUT2D eigenvalue weighted by Gasteiger charge is 2.34. The third-order valence-corrected chi connectivity index (χ3v) is 4.84. The number of esters is 1. The van der Waals surface area contributed by atoms with E-state index in [1.807, 2.05) is 61.5 Å². The van der Waals surface area contributed by atoms with Gasteiger partial charge < -0.3 is 19.8 Å². The summed E-state index contributed by atoms with van der Waals surface area (Å²) in [7, 11) is 1.32. The molecule has 0 saturated carbocycles. The molecule has 142 valence electrons. The molecule has 1 unspecified atom stereocenters. The molecule has 1 aliphatic rings. The predicted octanol–water partition coefficient (Wildman–Crippen LogP) is 3.61. The highest BCUT2D eigenvalue weighted by Crippen LogP contribution is 2.38. The molecule has 1 atom stereocenters.